The number of fused-ring (bicyclic) bond motifs is 1. The molecule has 1 unspecified atom stereocenters. The van der Waals surface area contributed by atoms with E-state index in [2.05, 4.69) is 5.10 Å². The normalized spacial score (nSPS) is 14.0. The van der Waals surface area contributed by atoms with E-state index in [1.807, 2.05) is 0 Å². The second-order valence-corrected chi connectivity index (χ2v) is 9.44. The molecule has 3 aromatic rings. The number of halogens is 3. The number of benzene rings is 2. The second-order valence-electron chi connectivity index (χ2n) is 9.44. The number of para-hydroxylation sites is 1. The highest BCUT2D eigenvalue weighted by Crippen LogP contribution is 2.36. The van der Waals surface area contributed by atoms with Crippen molar-refractivity contribution in [2.24, 2.45) is 5.92 Å². The molecule has 200 valence electrons. The Morgan fingerprint density at radius 2 is 1.82 bits per heavy atom. The number of Topliss-reactive ketones (excluding diaryl/α,β-unsaturated/α-hetero) is 1. The van der Waals surface area contributed by atoms with E-state index in [0.717, 1.165) is 4.68 Å². The quantitative estimate of drug-likeness (QED) is 0.282. The van der Waals surface area contributed by atoms with Crippen LogP contribution in [0.3, 0.4) is 0 Å². The molecule has 0 saturated carbocycles. The number of carbonyl (C=O) groups is 2. The van der Waals surface area contributed by atoms with Gasteiger partial charge in [-0.05, 0) is 49.8 Å². The molecular weight excluding hydrogens is 501 g/mol. The largest absolute Gasteiger partial charge is 0.435 e. The summed E-state index contributed by atoms with van der Waals surface area (Å²) in [5.41, 5.74) is 0.574. The van der Waals surface area contributed by atoms with E-state index in [1.54, 1.807) is 43.4 Å². The third-order valence-corrected chi connectivity index (χ3v) is 6.75. The first-order valence-corrected chi connectivity index (χ1v) is 12.3. The molecule has 2 aromatic carbocycles. The van der Waals surface area contributed by atoms with Gasteiger partial charge < -0.3 is 4.90 Å². The smallest absolute Gasteiger partial charge is 0.315 e. The van der Waals surface area contributed by atoms with Crippen LogP contribution in [0.1, 0.15) is 41.8 Å². The van der Waals surface area contributed by atoms with Crippen molar-refractivity contribution in [1.29, 1.82) is 0 Å². The van der Waals surface area contributed by atoms with Crippen molar-refractivity contribution in [2.75, 3.05) is 11.9 Å². The zero-order valence-electron chi connectivity index (χ0n) is 20.8. The molecular formula is C27H27F3N4O4. The van der Waals surface area contributed by atoms with Gasteiger partial charge >= 0.3 is 6.18 Å². The first kappa shape index (κ1) is 27.0. The second kappa shape index (κ2) is 11.2. The minimum atomic E-state index is -4.62. The van der Waals surface area contributed by atoms with Crippen molar-refractivity contribution in [3.05, 3.63) is 87.2 Å². The lowest BCUT2D eigenvalue weighted by Crippen LogP contribution is -2.35. The monoisotopic (exact) mass is 528 g/mol. The number of anilines is 1. The van der Waals surface area contributed by atoms with E-state index in [9.17, 15) is 32.9 Å². The number of hydrogen-bond donors (Lipinski definition) is 0. The van der Waals surface area contributed by atoms with Gasteiger partial charge in [-0.25, -0.2) is 0 Å². The summed E-state index contributed by atoms with van der Waals surface area (Å²) in [7, 11) is 1.57. The molecule has 0 fully saturated rings. The first-order valence-electron chi connectivity index (χ1n) is 12.3. The number of non-ortho nitro benzene ring substituents is 1. The molecule has 0 saturated heterocycles. The third kappa shape index (κ3) is 6.09. The number of ketones is 1. The van der Waals surface area contributed by atoms with Gasteiger partial charge in [-0.1, -0.05) is 30.3 Å². The van der Waals surface area contributed by atoms with E-state index in [4.69, 9.17) is 0 Å². The summed E-state index contributed by atoms with van der Waals surface area (Å²) < 4.78 is 41.8. The summed E-state index contributed by atoms with van der Waals surface area (Å²) in [6.07, 6.45) is -2.83. The molecule has 1 aliphatic carbocycles. The SMILES string of the molecule is CN(C(=O)C(CC(=O)Cn1nc(C(F)(F)F)c2c1CCCC2)Cc1cccc([N+](=O)[O-])c1)c1ccccc1. The summed E-state index contributed by atoms with van der Waals surface area (Å²) in [5, 5.41) is 15.0. The van der Waals surface area contributed by atoms with Crippen LogP contribution in [0.25, 0.3) is 0 Å². The van der Waals surface area contributed by atoms with Crippen LogP contribution in [0.2, 0.25) is 0 Å². The molecule has 8 nitrogen and oxygen atoms in total. The van der Waals surface area contributed by atoms with Crippen molar-refractivity contribution in [1.82, 2.24) is 9.78 Å². The Bertz CT molecular complexity index is 1340. The summed E-state index contributed by atoms with van der Waals surface area (Å²) in [4.78, 5) is 38.8. The van der Waals surface area contributed by atoms with Crippen LogP contribution in [0.15, 0.2) is 54.6 Å². The van der Waals surface area contributed by atoms with Crippen molar-refractivity contribution < 1.29 is 27.7 Å². The summed E-state index contributed by atoms with van der Waals surface area (Å²) in [6.45, 7) is -0.383. The maximum atomic E-state index is 13.6. The lowest BCUT2D eigenvalue weighted by Gasteiger charge is -2.24. The summed E-state index contributed by atoms with van der Waals surface area (Å²) in [5.74, 6) is -1.71. The number of alkyl halides is 3. The predicted octanol–water partition coefficient (Wildman–Crippen LogP) is 5.17. The molecule has 1 amide bonds. The Balaban J connectivity index is 1.59. The van der Waals surface area contributed by atoms with Crippen LogP contribution in [-0.4, -0.2) is 33.4 Å². The first-order chi connectivity index (χ1) is 18.0. The number of hydrogen-bond acceptors (Lipinski definition) is 5. The highest BCUT2D eigenvalue weighted by atomic mass is 19.4. The highest BCUT2D eigenvalue weighted by Gasteiger charge is 2.40. The van der Waals surface area contributed by atoms with Crippen molar-refractivity contribution in [2.45, 2.75) is 51.2 Å². The van der Waals surface area contributed by atoms with E-state index in [0.29, 0.717) is 36.2 Å². The van der Waals surface area contributed by atoms with E-state index >= 15 is 0 Å². The van der Waals surface area contributed by atoms with Gasteiger partial charge in [0.25, 0.3) is 5.69 Å². The minimum Gasteiger partial charge on any atom is -0.315 e. The average molecular weight is 529 g/mol. The van der Waals surface area contributed by atoms with Crippen LogP contribution in [0.4, 0.5) is 24.5 Å². The molecule has 0 spiro atoms. The number of rotatable bonds is 9. The number of nitro benzene ring substituents is 1. The molecule has 1 aromatic heterocycles. The van der Waals surface area contributed by atoms with E-state index < -0.39 is 28.5 Å². The van der Waals surface area contributed by atoms with Gasteiger partial charge in [-0.15, -0.1) is 0 Å². The fraction of sp³-hybridized carbons (Fsp3) is 0.370. The van der Waals surface area contributed by atoms with Gasteiger partial charge in [0.1, 0.15) is 0 Å². The van der Waals surface area contributed by atoms with Gasteiger partial charge in [0.2, 0.25) is 5.91 Å². The molecule has 11 heteroatoms. The fourth-order valence-electron chi connectivity index (χ4n) is 4.92. The van der Waals surface area contributed by atoms with Gasteiger partial charge in [0.05, 0.1) is 11.5 Å². The Kier molecular flexibility index (Phi) is 7.94. The highest BCUT2D eigenvalue weighted by molar-refractivity contribution is 5.97. The van der Waals surface area contributed by atoms with E-state index in [1.165, 1.54) is 23.1 Å². The van der Waals surface area contributed by atoms with Crippen LogP contribution in [-0.2, 0) is 41.6 Å². The van der Waals surface area contributed by atoms with E-state index in [-0.39, 0.29) is 43.0 Å². The number of amides is 1. The van der Waals surface area contributed by atoms with Crippen molar-refractivity contribution >= 4 is 23.1 Å². The van der Waals surface area contributed by atoms with Crippen LogP contribution in [0.5, 0.6) is 0 Å². The standard InChI is InChI=1S/C27H27F3N4O4/c1-32(20-9-3-2-4-10-20)26(36)19(14-18-8-7-11-21(15-18)34(37)38)16-22(35)17-33-24-13-6-5-12-23(24)25(31-33)27(28,29)30/h2-4,7-11,15,19H,5-6,12-14,16-17H2,1H3. The molecule has 1 heterocycles. The van der Waals surface area contributed by atoms with Gasteiger partial charge in [-0.2, -0.15) is 18.3 Å². The third-order valence-electron chi connectivity index (χ3n) is 6.75. The Morgan fingerprint density at radius 1 is 1.11 bits per heavy atom. The number of nitrogens with zero attached hydrogens (tertiary/aromatic N) is 4. The maximum absolute atomic E-state index is 13.6. The van der Waals surface area contributed by atoms with Gasteiger partial charge in [0, 0.05) is 48.5 Å². The molecule has 0 radical (unpaired) electrons. The summed E-state index contributed by atoms with van der Waals surface area (Å²) >= 11 is 0. The zero-order valence-corrected chi connectivity index (χ0v) is 20.8. The number of carbonyl (C=O) groups excluding carboxylic acids is 2. The molecule has 38 heavy (non-hydrogen) atoms. The zero-order chi connectivity index (χ0) is 27.4. The van der Waals surface area contributed by atoms with Gasteiger partial charge in [0.15, 0.2) is 11.5 Å². The molecule has 4 rings (SSSR count). The Labute approximate surface area is 217 Å². The minimum absolute atomic E-state index is 0.0500. The molecule has 0 aliphatic heterocycles. The maximum Gasteiger partial charge on any atom is 0.435 e. The van der Waals surface area contributed by atoms with Crippen molar-refractivity contribution in [3.63, 3.8) is 0 Å². The van der Waals surface area contributed by atoms with Crippen LogP contribution < -0.4 is 4.90 Å². The Morgan fingerprint density at radius 3 is 2.50 bits per heavy atom. The average Bonchev–Trinajstić information content (AvgIpc) is 3.27. The summed E-state index contributed by atoms with van der Waals surface area (Å²) in [6, 6.07) is 14.6. The van der Waals surface area contributed by atoms with Crippen LogP contribution >= 0.6 is 0 Å². The van der Waals surface area contributed by atoms with Crippen molar-refractivity contribution in [3.8, 4) is 0 Å². The topological polar surface area (TPSA) is 98.3 Å². The number of nitro groups is 1. The Hall–Kier alpha value is -4.02. The molecule has 0 N–H and O–H groups in total. The molecule has 1 atom stereocenters. The van der Waals surface area contributed by atoms with Gasteiger partial charge in [-0.3, -0.25) is 24.4 Å². The predicted molar refractivity (Wildman–Crippen MR) is 134 cm³/mol. The number of aromatic nitrogens is 2. The molecule has 1 aliphatic rings. The molecule has 0 bridgehead atoms. The lowest BCUT2D eigenvalue weighted by atomic mass is 9.92. The lowest BCUT2D eigenvalue weighted by molar-refractivity contribution is -0.384. The van der Waals surface area contributed by atoms with Crippen LogP contribution in [0, 0.1) is 16.0 Å². The fourth-order valence-corrected chi connectivity index (χ4v) is 4.92.